The Balaban J connectivity index is 1.75. The lowest BCUT2D eigenvalue weighted by atomic mass is 10.1. The minimum atomic E-state index is -0.456. The van der Waals surface area contributed by atoms with Crippen LogP contribution in [0.1, 0.15) is 24.1 Å². The normalized spacial score (nSPS) is 11.9. The predicted molar refractivity (Wildman–Crippen MR) is 113 cm³/mol. The highest BCUT2D eigenvalue weighted by Gasteiger charge is 2.15. The van der Waals surface area contributed by atoms with Crippen LogP contribution in [0.5, 0.6) is 5.75 Å². The summed E-state index contributed by atoms with van der Waals surface area (Å²) < 4.78 is 21.3. The molecule has 1 aromatic heterocycles. The number of ether oxygens (including phenoxy) is 1. The van der Waals surface area contributed by atoms with Gasteiger partial charge in [0.25, 0.3) is 0 Å². The van der Waals surface area contributed by atoms with Crippen molar-refractivity contribution in [2.24, 2.45) is 0 Å². The van der Waals surface area contributed by atoms with E-state index in [1.54, 1.807) is 12.1 Å². The molecule has 3 rings (SSSR count). The monoisotopic (exact) mass is 416 g/mol. The Morgan fingerprint density at radius 3 is 2.64 bits per heavy atom. The third-order valence-corrected chi connectivity index (χ3v) is 5.76. The van der Waals surface area contributed by atoms with Gasteiger partial charge in [-0.3, -0.25) is 4.79 Å². The van der Waals surface area contributed by atoms with Crippen LogP contribution in [0.25, 0.3) is 11.3 Å². The van der Waals surface area contributed by atoms with E-state index >= 15 is 0 Å². The fourth-order valence-electron chi connectivity index (χ4n) is 2.90. The summed E-state index contributed by atoms with van der Waals surface area (Å²) in [6.07, 6.45) is 0. The standard InChI is InChI=1S/C21H21FN2O2S2/c1-13-4-6-15(7-5-13)18-12-28-21(27)24(18)11-20(25)23-14(2)16-8-9-19(26-3)17(22)10-16/h4-10,12,14H,11H2,1-3H3,(H,23,25)/t14-/m1/s1. The molecule has 3 aromatic rings. The zero-order valence-electron chi connectivity index (χ0n) is 15.9. The first kappa shape index (κ1) is 20.2. The molecule has 0 aliphatic carbocycles. The van der Waals surface area contributed by atoms with Gasteiger partial charge in [0.15, 0.2) is 15.5 Å². The number of carbonyl (C=O) groups excluding carboxylic acids is 1. The Labute approximate surface area is 172 Å². The van der Waals surface area contributed by atoms with Crippen molar-refractivity contribution in [3.63, 3.8) is 0 Å². The number of nitrogens with one attached hydrogen (secondary N) is 1. The quantitative estimate of drug-likeness (QED) is 0.556. The van der Waals surface area contributed by atoms with E-state index in [9.17, 15) is 9.18 Å². The number of aryl methyl sites for hydroxylation is 1. The van der Waals surface area contributed by atoms with Crippen molar-refractivity contribution >= 4 is 29.5 Å². The van der Waals surface area contributed by atoms with Gasteiger partial charge < -0.3 is 14.6 Å². The molecule has 4 nitrogen and oxygen atoms in total. The number of methoxy groups -OCH3 is 1. The number of hydrogen-bond acceptors (Lipinski definition) is 4. The number of rotatable bonds is 6. The van der Waals surface area contributed by atoms with Crippen LogP contribution in [-0.2, 0) is 11.3 Å². The fraction of sp³-hybridized carbons (Fsp3) is 0.238. The van der Waals surface area contributed by atoms with Crippen LogP contribution in [0, 0.1) is 16.7 Å². The lowest BCUT2D eigenvalue weighted by Crippen LogP contribution is -2.30. The molecule has 0 radical (unpaired) electrons. The Bertz CT molecular complexity index is 1040. The first-order chi connectivity index (χ1) is 13.4. The largest absolute Gasteiger partial charge is 0.494 e. The van der Waals surface area contributed by atoms with Crippen molar-refractivity contribution < 1.29 is 13.9 Å². The molecule has 1 heterocycles. The Morgan fingerprint density at radius 2 is 2.00 bits per heavy atom. The van der Waals surface area contributed by atoms with Crippen LogP contribution in [0.15, 0.2) is 47.8 Å². The highest BCUT2D eigenvalue weighted by Crippen LogP contribution is 2.25. The van der Waals surface area contributed by atoms with E-state index in [4.69, 9.17) is 17.0 Å². The number of hydrogen-bond donors (Lipinski definition) is 1. The number of nitrogens with zero attached hydrogens (tertiary/aromatic N) is 1. The summed E-state index contributed by atoms with van der Waals surface area (Å²) in [7, 11) is 1.42. The molecule has 0 saturated carbocycles. The topological polar surface area (TPSA) is 43.3 Å². The van der Waals surface area contributed by atoms with Crippen LogP contribution >= 0.6 is 23.6 Å². The van der Waals surface area contributed by atoms with Crippen molar-refractivity contribution in [1.29, 1.82) is 0 Å². The van der Waals surface area contributed by atoms with E-state index in [1.807, 2.05) is 48.1 Å². The van der Waals surface area contributed by atoms with E-state index < -0.39 is 5.82 Å². The summed E-state index contributed by atoms with van der Waals surface area (Å²) in [5, 5.41) is 4.87. The van der Waals surface area contributed by atoms with Crippen molar-refractivity contribution in [2.75, 3.05) is 7.11 Å². The van der Waals surface area contributed by atoms with Gasteiger partial charge in [0.1, 0.15) is 6.54 Å². The van der Waals surface area contributed by atoms with E-state index in [2.05, 4.69) is 5.32 Å². The van der Waals surface area contributed by atoms with Gasteiger partial charge in [-0.15, -0.1) is 11.3 Å². The lowest BCUT2D eigenvalue weighted by Gasteiger charge is -2.16. The smallest absolute Gasteiger partial charge is 0.240 e. The Hall–Kier alpha value is -2.51. The van der Waals surface area contributed by atoms with Crippen molar-refractivity contribution in [3.8, 4) is 17.0 Å². The van der Waals surface area contributed by atoms with Crippen LogP contribution in [-0.4, -0.2) is 17.6 Å². The number of halogens is 1. The van der Waals surface area contributed by atoms with E-state index in [0.717, 1.165) is 11.3 Å². The molecule has 0 saturated heterocycles. The molecule has 146 valence electrons. The van der Waals surface area contributed by atoms with Gasteiger partial charge in [-0.2, -0.15) is 0 Å². The maximum Gasteiger partial charge on any atom is 0.240 e. The third-order valence-electron chi connectivity index (χ3n) is 4.48. The first-order valence-corrected chi connectivity index (χ1v) is 10.1. The van der Waals surface area contributed by atoms with Crippen LogP contribution in [0.4, 0.5) is 4.39 Å². The van der Waals surface area contributed by atoms with Crippen LogP contribution < -0.4 is 10.1 Å². The summed E-state index contributed by atoms with van der Waals surface area (Å²) >= 11 is 6.83. The highest BCUT2D eigenvalue weighted by molar-refractivity contribution is 7.73. The molecular weight excluding hydrogens is 395 g/mol. The average molecular weight is 417 g/mol. The second-order valence-electron chi connectivity index (χ2n) is 6.52. The Morgan fingerprint density at radius 1 is 1.29 bits per heavy atom. The maximum absolute atomic E-state index is 13.9. The molecule has 2 aromatic carbocycles. The van der Waals surface area contributed by atoms with Crippen molar-refractivity contribution in [1.82, 2.24) is 9.88 Å². The van der Waals surface area contributed by atoms with Gasteiger partial charge in [-0.1, -0.05) is 35.9 Å². The highest BCUT2D eigenvalue weighted by atomic mass is 32.1. The third kappa shape index (κ3) is 4.48. The summed E-state index contributed by atoms with van der Waals surface area (Å²) in [5.74, 6) is -0.469. The number of amides is 1. The van der Waals surface area contributed by atoms with Gasteiger partial charge in [-0.25, -0.2) is 4.39 Å². The number of thiazole rings is 1. The fourth-order valence-corrected chi connectivity index (χ4v) is 3.97. The summed E-state index contributed by atoms with van der Waals surface area (Å²) in [4.78, 5) is 12.6. The molecule has 0 aliphatic rings. The molecule has 0 fully saturated rings. The average Bonchev–Trinajstić information content (AvgIpc) is 3.02. The zero-order valence-corrected chi connectivity index (χ0v) is 17.5. The van der Waals surface area contributed by atoms with Gasteiger partial charge in [0.2, 0.25) is 5.91 Å². The van der Waals surface area contributed by atoms with Crippen LogP contribution in [0.2, 0.25) is 0 Å². The number of carbonyl (C=O) groups is 1. The molecule has 0 unspecified atom stereocenters. The molecule has 1 N–H and O–H groups in total. The summed E-state index contributed by atoms with van der Waals surface area (Å²) in [5.41, 5.74) is 3.76. The van der Waals surface area contributed by atoms with Gasteiger partial charge in [0, 0.05) is 5.38 Å². The van der Waals surface area contributed by atoms with E-state index in [0.29, 0.717) is 9.52 Å². The molecule has 1 atom stereocenters. The summed E-state index contributed by atoms with van der Waals surface area (Å²) in [6.45, 7) is 3.95. The van der Waals surface area contributed by atoms with Gasteiger partial charge in [0.05, 0.1) is 18.8 Å². The molecule has 0 spiro atoms. The predicted octanol–water partition coefficient (Wildman–Crippen LogP) is 5.28. The molecule has 0 aliphatic heterocycles. The Kier molecular flexibility index (Phi) is 6.26. The zero-order chi connectivity index (χ0) is 20.3. The molecule has 0 bridgehead atoms. The number of benzene rings is 2. The van der Waals surface area contributed by atoms with Gasteiger partial charge in [-0.05, 0) is 49.3 Å². The second kappa shape index (κ2) is 8.67. The first-order valence-electron chi connectivity index (χ1n) is 8.77. The maximum atomic E-state index is 13.9. The molecule has 1 amide bonds. The minimum absolute atomic E-state index is 0.106. The van der Waals surface area contributed by atoms with E-state index in [-0.39, 0.29) is 24.2 Å². The van der Waals surface area contributed by atoms with Gasteiger partial charge >= 0.3 is 0 Å². The van der Waals surface area contributed by atoms with E-state index in [1.165, 1.54) is 30.1 Å². The second-order valence-corrected chi connectivity index (χ2v) is 8.03. The lowest BCUT2D eigenvalue weighted by molar-refractivity contribution is -0.122. The minimum Gasteiger partial charge on any atom is -0.494 e. The summed E-state index contributed by atoms with van der Waals surface area (Å²) in [6, 6.07) is 12.4. The van der Waals surface area contributed by atoms with Crippen LogP contribution in [0.3, 0.4) is 0 Å². The SMILES string of the molecule is COc1ccc([C@@H](C)NC(=O)Cn2c(-c3ccc(C)cc3)csc2=S)cc1F. The molecular formula is C21H21FN2O2S2. The van der Waals surface area contributed by atoms with Crippen molar-refractivity contribution in [3.05, 3.63) is 68.7 Å². The number of aromatic nitrogens is 1. The molecule has 28 heavy (non-hydrogen) atoms. The van der Waals surface area contributed by atoms with Crippen molar-refractivity contribution in [2.45, 2.75) is 26.4 Å². The molecule has 7 heteroatoms.